The second kappa shape index (κ2) is 4.71. The van der Waals surface area contributed by atoms with E-state index in [1.807, 2.05) is 11.5 Å². The van der Waals surface area contributed by atoms with E-state index in [-0.39, 0.29) is 5.82 Å². The second-order valence-corrected chi connectivity index (χ2v) is 4.27. The van der Waals surface area contributed by atoms with Crippen LogP contribution in [0.5, 0.6) is 0 Å². The molecule has 0 radical (unpaired) electrons. The number of methoxy groups -OCH3 is 1. The fourth-order valence-electron chi connectivity index (χ4n) is 1.96. The van der Waals surface area contributed by atoms with Gasteiger partial charge in [0.15, 0.2) is 0 Å². The van der Waals surface area contributed by atoms with Gasteiger partial charge in [-0.1, -0.05) is 6.92 Å². The number of nitrogens with zero attached hydrogens (tertiary/aromatic N) is 2. The van der Waals surface area contributed by atoms with E-state index in [4.69, 9.17) is 10.5 Å². The third-order valence-electron chi connectivity index (χ3n) is 2.69. The number of aromatic nitrogens is 2. The molecule has 2 aromatic rings. The topological polar surface area (TPSA) is 53.1 Å². The standard InChI is InChI=1S/C12H16FN3O/c1-8(7-17-2)6-16-11-5-9(13)3-4-10(11)15-12(16)14/h3-5,8H,6-7H2,1-2H3,(H2,14,15). The lowest BCUT2D eigenvalue weighted by Gasteiger charge is -2.12. The Bertz CT molecular complexity index is 524. The number of anilines is 1. The van der Waals surface area contributed by atoms with Gasteiger partial charge in [0.1, 0.15) is 5.82 Å². The molecule has 0 saturated carbocycles. The summed E-state index contributed by atoms with van der Waals surface area (Å²) in [7, 11) is 1.66. The molecule has 0 saturated heterocycles. The zero-order valence-corrected chi connectivity index (χ0v) is 9.98. The van der Waals surface area contributed by atoms with Gasteiger partial charge in [0, 0.05) is 13.7 Å². The molecule has 1 unspecified atom stereocenters. The van der Waals surface area contributed by atoms with Crippen LogP contribution in [0.1, 0.15) is 6.92 Å². The molecule has 0 bridgehead atoms. The lowest BCUT2D eigenvalue weighted by atomic mass is 10.2. The predicted molar refractivity (Wildman–Crippen MR) is 65.1 cm³/mol. The van der Waals surface area contributed by atoms with Crippen molar-refractivity contribution in [2.24, 2.45) is 5.92 Å². The number of nitrogen functional groups attached to an aromatic ring is 1. The number of ether oxygens (including phenoxy) is 1. The van der Waals surface area contributed by atoms with Crippen LogP contribution in [0.3, 0.4) is 0 Å². The molecule has 0 aliphatic rings. The lowest BCUT2D eigenvalue weighted by Crippen LogP contribution is -2.14. The molecule has 17 heavy (non-hydrogen) atoms. The number of nitrogens with two attached hydrogens (primary N) is 1. The van der Waals surface area contributed by atoms with Gasteiger partial charge in [-0.3, -0.25) is 0 Å². The minimum atomic E-state index is -0.280. The maximum Gasteiger partial charge on any atom is 0.201 e. The molecule has 92 valence electrons. The number of hydrogen-bond acceptors (Lipinski definition) is 3. The van der Waals surface area contributed by atoms with Crippen LogP contribution < -0.4 is 5.73 Å². The third-order valence-corrected chi connectivity index (χ3v) is 2.69. The summed E-state index contributed by atoms with van der Waals surface area (Å²) in [6.45, 7) is 3.35. The second-order valence-electron chi connectivity index (χ2n) is 4.27. The quantitative estimate of drug-likeness (QED) is 0.885. The van der Waals surface area contributed by atoms with E-state index >= 15 is 0 Å². The van der Waals surface area contributed by atoms with Crippen LogP contribution in [0, 0.1) is 11.7 Å². The molecule has 0 aliphatic heterocycles. The van der Waals surface area contributed by atoms with Gasteiger partial charge in [-0.2, -0.15) is 0 Å². The Morgan fingerprint density at radius 2 is 2.29 bits per heavy atom. The maximum atomic E-state index is 13.2. The molecule has 2 rings (SSSR count). The summed E-state index contributed by atoms with van der Waals surface area (Å²) < 4.78 is 20.1. The van der Waals surface area contributed by atoms with E-state index < -0.39 is 0 Å². The number of halogens is 1. The zero-order valence-electron chi connectivity index (χ0n) is 9.98. The number of fused-ring (bicyclic) bond motifs is 1. The van der Waals surface area contributed by atoms with Crippen molar-refractivity contribution < 1.29 is 9.13 Å². The predicted octanol–water partition coefficient (Wildman–Crippen LogP) is 2.04. The van der Waals surface area contributed by atoms with Crippen molar-refractivity contribution in [1.29, 1.82) is 0 Å². The Morgan fingerprint density at radius 1 is 1.53 bits per heavy atom. The Labute approximate surface area is 99.2 Å². The Hall–Kier alpha value is -1.62. The summed E-state index contributed by atoms with van der Waals surface area (Å²) in [5, 5.41) is 0. The fourth-order valence-corrected chi connectivity index (χ4v) is 1.96. The summed E-state index contributed by atoms with van der Waals surface area (Å²) in [6, 6.07) is 4.48. The van der Waals surface area contributed by atoms with Crippen LogP contribution in [-0.2, 0) is 11.3 Å². The van der Waals surface area contributed by atoms with Gasteiger partial charge in [0.2, 0.25) is 5.95 Å². The lowest BCUT2D eigenvalue weighted by molar-refractivity contribution is 0.152. The summed E-state index contributed by atoms with van der Waals surface area (Å²) in [4.78, 5) is 4.20. The van der Waals surface area contributed by atoms with Crippen molar-refractivity contribution in [3.05, 3.63) is 24.0 Å². The molecule has 0 fully saturated rings. The summed E-state index contributed by atoms with van der Waals surface area (Å²) in [5.74, 6) is 0.426. The van der Waals surface area contributed by atoms with Gasteiger partial charge in [-0.15, -0.1) is 0 Å². The number of rotatable bonds is 4. The van der Waals surface area contributed by atoms with Crippen molar-refractivity contribution in [1.82, 2.24) is 9.55 Å². The molecule has 0 aliphatic carbocycles. The van der Waals surface area contributed by atoms with Crippen LogP contribution in [0.4, 0.5) is 10.3 Å². The first-order chi connectivity index (χ1) is 8.11. The van der Waals surface area contributed by atoms with Crippen LogP contribution in [0.15, 0.2) is 18.2 Å². The Kier molecular flexibility index (Phi) is 3.28. The van der Waals surface area contributed by atoms with Gasteiger partial charge in [0.05, 0.1) is 17.6 Å². The van der Waals surface area contributed by atoms with Gasteiger partial charge >= 0.3 is 0 Å². The SMILES string of the molecule is COCC(C)Cn1c(N)nc2ccc(F)cc21. The highest BCUT2D eigenvalue weighted by Gasteiger charge is 2.11. The molecule has 2 N–H and O–H groups in total. The highest BCUT2D eigenvalue weighted by atomic mass is 19.1. The molecule has 0 spiro atoms. The van der Waals surface area contributed by atoms with E-state index in [1.165, 1.54) is 12.1 Å². The third kappa shape index (κ3) is 2.39. The van der Waals surface area contributed by atoms with E-state index in [9.17, 15) is 4.39 Å². The van der Waals surface area contributed by atoms with Crippen molar-refractivity contribution >= 4 is 17.0 Å². The first kappa shape index (κ1) is 11.9. The molecule has 5 heteroatoms. The Balaban J connectivity index is 2.38. The molecular formula is C12H16FN3O. The molecular weight excluding hydrogens is 221 g/mol. The molecule has 1 aromatic carbocycles. The average Bonchev–Trinajstić information content (AvgIpc) is 2.56. The number of benzene rings is 1. The van der Waals surface area contributed by atoms with E-state index in [1.54, 1.807) is 13.2 Å². The highest BCUT2D eigenvalue weighted by Crippen LogP contribution is 2.20. The van der Waals surface area contributed by atoms with Crippen molar-refractivity contribution in [2.45, 2.75) is 13.5 Å². The van der Waals surface area contributed by atoms with E-state index in [0.717, 1.165) is 5.52 Å². The van der Waals surface area contributed by atoms with Gasteiger partial charge in [-0.25, -0.2) is 9.37 Å². The summed E-state index contributed by atoms with van der Waals surface area (Å²) >= 11 is 0. The molecule has 1 aromatic heterocycles. The minimum Gasteiger partial charge on any atom is -0.384 e. The maximum absolute atomic E-state index is 13.2. The molecule has 1 atom stereocenters. The molecule has 0 amide bonds. The first-order valence-corrected chi connectivity index (χ1v) is 5.52. The van der Waals surface area contributed by atoms with E-state index in [0.29, 0.717) is 30.5 Å². The van der Waals surface area contributed by atoms with Crippen molar-refractivity contribution in [2.75, 3.05) is 19.5 Å². The van der Waals surface area contributed by atoms with Crippen LogP contribution in [0.2, 0.25) is 0 Å². The van der Waals surface area contributed by atoms with Crippen LogP contribution >= 0.6 is 0 Å². The summed E-state index contributed by atoms with van der Waals surface area (Å²) in [5.41, 5.74) is 7.28. The smallest absolute Gasteiger partial charge is 0.201 e. The van der Waals surface area contributed by atoms with Gasteiger partial charge in [0.25, 0.3) is 0 Å². The van der Waals surface area contributed by atoms with Crippen LogP contribution in [-0.4, -0.2) is 23.3 Å². The average molecular weight is 237 g/mol. The zero-order chi connectivity index (χ0) is 12.4. The van der Waals surface area contributed by atoms with Crippen molar-refractivity contribution in [3.8, 4) is 0 Å². The highest BCUT2D eigenvalue weighted by molar-refractivity contribution is 5.78. The number of imidazole rings is 1. The largest absolute Gasteiger partial charge is 0.384 e. The minimum absolute atomic E-state index is 0.280. The van der Waals surface area contributed by atoms with Gasteiger partial charge < -0.3 is 15.0 Å². The first-order valence-electron chi connectivity index (χ1n) is 5.52. The monoisotopic (exact) mass is 237 g/mol. The normalized spacial score (nSPS) is 13.1. The summed E-state index contributed by atoms with van der Waals surface area (Å²) in [6.07, 6.45) is 0. The Morgan fingerprint density at radius 3 is 3.00 bits per heavy atom. The van der Waals surface area contributed by atoms with Crippen LogP contribution in [0.25, 0.3) is 11.0 Å². The molecule has 4 nitrogen and oxygen atoms in total. The number of hydrogen-bond donors (Lipinski definition) is 1. The van der Waals surface area contributed by atoms with Gasteiger partial charge in [-0.05, 0) is 24.1 Å². The van der Waals surface area contributed by atoms with E-state index in [2.05, 4.69) is 4.98 Å². The van der Waals surface area contributed by atoms with Crippen molar-refractivity contribution in [3.63, 3.8) is 0 Å². The molecule has 1 heterocycles. The fraction of sp³-hybridized carbons (Fsp3) is 0.417.